The van der Waals surface area contributed by atoms with Gasteiger partial charge < -0.3 is 10.2 Å². The van der Waals surface area contributed by atoms with Gasteiger partial charge in [-0.25, -0.2) is 4.98 Å². The van der Waals surface area contributed by atoms with E-state index in [2.05, 4.69) is 34.7 Å². The molecule has 0 spiro atoms. The van der Waals surface area contributed by atoms with E-state index >= 15 is 0 Å². The lowest BCUT2D eigenvalue weighted by atomic mass is 9.96. The van der Waals surface area contributed by atoms with E-state index in [0.29, 0.717) is 0 Å². The molecular weight excluding hydrogens is 302 g/mol. The standard InChI is InChI=1S/C15H19N3OS2/c1-16-14(19)10-6-8-18(9-7-10)15-17-13-11(20-2)4-3-5-12(13)21-15/h3-5,10H,6-9H2,1-2H3,(H,16,19). The highest BCUT2D eigenvalue weighted by molar-refractivity contribution is 7.98. The third kappa shape index (κ3) is 2.87. The molecule has 0 saturated carbocycles. The number of thioether (sulfide) groups is 1. The smallest absolute Gasteiger partial charge is 0.222 e. The van der Waals surface area contributed by atoms with E-state index in [4.69, 9.17) is 4.98 Å². The molecule has 2 aromatic rings. The molecule has 6 heteroatoms. The Bertz CT molecular complexity index is 647. The minimum Gasteiger partial charge on any atom is -0.359 e. The first kappa shape index (κ1) is 14.7. The summed E-state index contributed by atoms with van der Waals surface area (Å²) in [7, 11) is 1.71. The zero-order chi connectivity index (χ0) is 14.8. The number of hydrogen-bond donors (Lipinski definition) is 1. The van der Waals surface area contributed by atoms with Crippen molar-refractivity contribution in [2.45, 2.75) is 17.7 Å². The molecule has 0 aliphatic carbocycles. The zero-order valence-corrected chi connectivity index (χ0v) is 13.9. The number of rotatable bonds is 3. The molecule has 1 aliphatic rings. The first-order valence-corrected chi connectivity index (χ1v) is 9.17. The van der Waals surface area contributed by atoms with Crippen molar-refractivity contribution in [3.63, 3.8) is 0 Å². The van der Waals surface area contributed by atoms with Crippen LogP contribution >= 0.6 is 23.1 Å². The lowest BCUT2D eigenvalue weighted by Crippen LogP contribution is -2.39. The summed E-state index contributed by atoms with van der Waals surface area (Å²) >= 11 is 3.49. The average Bonchev–Trinajstić information content (AvgIpc) is 2.98. The Hall–Kier alpha value is -1.27. The third-order valence-electron chi connectivity index (χ3n) is 3.97. The van der Waals surface area contributed by atoms with Crippen molar-refractivity contribution in [2.24, 2.45) is 5.92 Å². The van der Waals surface area contributed by atoms with E-state index in [9.17, 15) is 4.79 Å². The molecule has 0 radical (unpaired) electrons. The van der Waals surface area contributed by atoms with E-state index in [1.165, 1.54) is 9.60 Å². The van der Waals surface area contributed by atoms with E-state index in [1.807, 2.05) is 0 Å². The summed E-state index contributed by atoms with van der Waals surface area (Å²) in [5, 5.41) is 3.84. The SMILES string of the molecule is CNC(=O)C1CCN(c2nc3c(SC)cccc3s2)CC1. The highest BCUT2D eigenvalue weighted by Gasteiger charge is 2.25. The van der Waals surface area contributed by atoms with Crippen molar-refractivity contribution in [3.05, 3.63) is 18.2 Å². The highest BCUT2D eigenvalue weighted by atomic mass is 32.2. The molecule has 3 rings (SSSR count). The second-order valence-corrected chi connectivity index (χ2v) is 7.04. The first-order chi connectivity index (χ1) is 10.2. The van der Waals surface area contributed by atoms with Gasteiger partial charge in [0.05, 0.1) is 10.2 Å². The fourth-order valence-electron chi connectivity index (χ4n) is 2.75. The Kier molecular flexibility index (Phi) is 4.35. The maximum Gasteiger partial charge on any atom is 0.222 e. The topological polar surface area (TPSA) is 45.2 Å². The second-order valence-electron chi connectivity index (χ2n) is 5.18. The summed E-state index contributed by atoms with van der Waals surface area (Å²) in [5.74, 6) is 0.325. The van der Waals surface area contributed by atoms with E-state index in [1.54, 1.807) is 30.1 Å². The Morgan fingerprint density at radius 2 is 2.19 bits per heavy atom. The minimum atomic E-state index is 0.155. The molecule has 2 heterocycles. The van der Waals surface area contributed by atoms with Gasteiger partial charge in [0.15, 0.2) is 5.13 Å². The van der Waals surface area contributed by atoms with Crippen LogP contribution in [0.1, 0.15) is 12.8 Å². The number of para-hydroxylation sites is 1. The van der Waals surface area contributed by atoms with Crippen LogP contribution in [0, 0.1) is 5.92 Å². The van der Waals surface area contributed by atoms with E-state index in [0.717, 1.165) is 36.6 Å². The molecule has 1 fully saturated rings. The van der Waals surface area contributed by atoms with Crippen LogP contribution in [0.25, 0.3) is 10.2 Å². The number of anilines is 1. The Morgan fingerprint density at radius 3 is 2.86 bits per heavy atom. The molecule has 1 aromatic carbocycles. The second kappa shape index (κ2) is 6.23. The molecule has 21 heavy (non-hydrogen) atoms. The molecule has 0 atom stereocenters. The predicted molar refractivity (Wildman–Crippen MR) is 90.4 cm³/mol. The van der Waals surface area contributed by atoms with Crippen LogP contribution in [0.15, 0.2) is 23.1 Å². The van der Waals surface area contributed by atoms with Crippen molar-refractivity contribution >= 4 is 44.4 Å². The molecule has 1 amide bonds. The van der Waals surface area contributed by atoms with Gasteiger partial charge in [-0.15, -0.1) is 11.8 Å². The fourth-order valence-corrected chi connectivity index (χ4v) is 4.42. The van der Waals surface area contributed by atoms with Crippen molar-refractivity contribution in [1.29, 1.82) is 0 Å². The predicted octanol–water partition coefficient (Wildman–Crippen LogP) is 2.98. The van der Waals surface area contributed by atoms with Gasteiger partial charge in [-0.1, -0.05) is 17.4 Å². The highest BCUT2D eigenvalue weighted by Crippen LogP contribution is 2.35. The number of piperidine rings is 1. The summed E-state index contributed by atoms with van der Waals surface area (Å²) in [6.07, 6.45) is 3.90. The number of amides is 1. The largest absolute Gasteiger partial charge is 0.359 e. The molecular formula is C15H19N3OS2. The summed E-state index contributed by atoms with van der Waals surface area (Å²) in [4.78, 5) is 20.1. The van der Waals surface area contributed by atoms with Crippen LogP contribution in [0.3, 0.4) is 0 Å². The van der Waals surface area contributed by atoms with Crippen LogP contribution < -0.4 is 10.2 Å². The quantitative estimate of drug-likeness (QED) is 0.883. The normalized spacial score (nSPS) is 16.4. The number of fused-ring (bicyclic) bond motifs is 1. The monoisotopic (exact) mass is 321 g/mol. The third-order valence-corrected chi connectivity index (χ3v) is 5.82. The van der Waals surface area contributed by atoms with Gasteiger partial charge in [0.25, 0.3) is 0 Å². The number of nitrogens with one attached hydrogen (secondary N) is 1. The van der Waals surface area contributed by atoms with Gasteiger partial charge in [0.1, 0.15) is 0 Å². The van der Waals surface area contributed by atoms with E-state index in [-0.39, 0.29) is 11.8 Å². The molecule has 112 valence electrons. The minimum absolute atomic E-state index is 0.155. The summed E-state index contributed by atoms with van der Waals surface area (Å²) < 4.78 is 1.24. The number of carbonyl (C=O) groups is 1. The van der Waals surface area contributed by atoms with Gasteiger partial charge in [0, 0.05) is 31.0 Å². The fraction of sp³-hybridized carbons (Fsp3) is 0.467. The lowest BCUT2D eigenvalue weighted by Gasteiger charge is -2.30. The van der Waals surface area contributed by atoms with Crippen molar-refractivity contribution < 1.29 is 4.79 Å². The van der Waals surface area contributed by atoms with Crippen LogP contribution in [-0.4, -0.2) is 37.3 Å². The number of carbonyl (C=O) groups excluding carboxylic acids is 1. The zero-order valence-electron chi connectivity index (χ0n) is 12.3. The van der Waals surface area contributed by atoms with E-state index < -0.39 is 0 Å². The molecule has 4 nitrogen and oxygen atoms in total. The van der Waals surface area contributed by atoms with Gasteiger partial charge in [-0.3, -0.25) is 4.79 Å². The summed E-state index contributed by atoms with van der Waals surface area (Å²) in [5.41, 5.74) is 1.11. The Labute approximate surface area is 132 Å². The van der Waals surface area contributed by atoms with Crippen molar-refractivity contribution in [1.82, 2.24) is 10.3 Å². The lowest BCUT2D eigenvalue weighted by molar-refractivity contribution is -0.125. The number of hydrogen-bond acceptors (Lipinski definition) is 5. The van der Waals surface area contributed by atoms with Gasteiger partial charge in [0.2, 0.25) is 5.91 Å². The molecule has 1 saturated heterocycles. The summed E-state index contributed by atoms with van der Waals surface area (Å²) in [6.45, 7) is 1.82. The Morgan fingerprint density at radius 1 is 1.43 bits per heavy atom. The molecule has 1 N–H and O–H groups in total. The number of thiazole rings is 1. The maximum atomic E-state index is 11.7. The molecule has 1 aliphatic heterocycles. The number of nitrogens with zero attached hydrogens (tertiary/aromatic N) is 2. The van der Waals surface area contributed by atoms with Crippen LogP contribution in [0.5, 0.6) is 0 Å². The summed E-state index contributed by atoms with van der Waals surface area (Å²) in [6, 6.07) is 6.34. The number of benzene rings is 1. The van der Waals surface area contributed by atoms with Crippen molar-refractivity contribution in [3.8, 4) is 0 Å². The van der Waals surface area contributed by atoms with Crippen LogP contribution in [-0.2, 0) is 4.79 Å². The molecule has 0 unspecified atom stereocenters. The maximum absolute atomic E-state index is 11.7. The number of aromatic nitrogens is 1. The van der Waals surface area contributed by atoms with Crippen LogP contribution in [0.2, 0.25) is 0 Å². The molecule has 1 aromatic heterocycles. The van der Waals surface area contributed by atoms with Gasteiger partial charge in [-0.2, -0.15) is 0 Å². The molecule has 0 bridgehead atoms. The van der Waals surface area contributed by atoms with Gasteiger partial charge >= 0.3 is 0 Å². The Balaban J connectivity index is 1.78. The van der Waals surface area contributed by atoms with Crippen molar-refractivity contribution in [2.75, 3.05) is 31.3 Å². The van der Waals surface area contributed by atoms with Crippen LogP contribution in [0.4, 0.5) is 5.13 Å². The van der Waals surface area contributed by atoms with Gasteiger partial charge in [-0.05, 0) is 31.2 Å². The average molecular weight is 321 g/mol. The first-order valence-electron chi connectivity index (χ1n) is 7.13.